The number of hydrazine groups is 1. The van der Waals surface area contributed by atoms with Crippen molar-refractivity contribution < 1.29 is 23.9 Å². The maximum absolute atomic E-state index is 14.6. The number of phenolic OH excluding ortho intramolecular Hbond substituents is 1. The second-order valence-corrected chi connectivity index (χ2v) is 13.3. The molecule has 2 aliphatic rings. The Morgan fingerprint density at radius 1 is 0.940 bits per heavy atom. The summed E-state index contributed by atoms with van der Waals surface area (Å²) in [7, 11) is 0. The molecular weight excluding hydrogens is 656 g/mol. The molecule has 252 valence electrons. The topological polar surface area (TPSA) is 121 Å². The predicted molar refractivity (Wildman–Crippen MR) is 184 cm³/mol. The van der Waals surface area contributed by atoms with Gasteiger partial charge in [-0.1, -0.05) is 60.7 Å². The number of amides is 3. The number of piperazine rings is 1. The van der Waals surface area contributed by atoms with E-state index in [0.29, 0.717) is 27.8 Å². The molecule has 10 nitrogen and oxygen atoms in total. The summed E-state index contributed by atoms with van der Waals surface area (Å²) in [6.45, 7) is 0.226. The van der Waals surface area contributed by atoms with Gasteiger partial charge in [-0.15, -0.1) is 11.3 Å². The third-order valence-electron chi connectivity index (χ3n) is 9.25. The molecule has 12 heteroatoms. The van der Waals surface area contributed by atoms with E-state index in [1.54, 1.807) is 67.8 Å². The van der Waals surface area contributed by atoms with Crippen molar-refractivity contribution in [2.45, 2.75) is 44.6 Å². The highest BCUT2D eigenvalue weighted by atomic mass is 32.1. The molecule has 3 heterocycles. The lowest BCUT2D eigenvalue weighted by Gasteiger charge is -2.55. The number of aryl methyl sites for hydroxylation is 1. The molecule has 5 aromatic rings. The Morgan fingerprint density at radius 2 is 1.68 bits per heavy atom. The van der Waals surface area contributed by atoms with E-state index in [1.165, 1.54) is 29.5 Å². The Balaban J connectivity index is 1.27. The molecular formula is C38H33FN6O4S. The standard InChI is InChI=1S/C38H33FN6O4S/c39-31-16-13-29(36-37(31)50-24-41-36)21-42-22-33-44(32(38(42)49)18-26-10-14-30(46)15-11-26)35(48)23-43(20-28-8-6-27(19-40)7-9-28)45(33)34(47)17-12-25-4-2-1-3-5-25/h1-11,13-16,24,32-33,46H,12,17-18,20-23H2/t32-,33-/m0/s1. The van der Waals surface area contributed by atoms with Crippen LogP contribution in [0.5, 0.6) is 5.75 Å². The minimum absolute atomic E-state index is 0.0284. The highest BCUT2D eigenvalue weighted by Gasteiger charge is 2.51. The van der Waals surface area contributed by atoms with Gasteiger partial charge in [0.2, 0.25) is 17.7 Å². The first-order valence-electron chi connectivity index (χ1n) is 16.3. The lowest BCUT2D eigenvalue weighted by atomic mass is 9.97. The van der Waals surface area contributed by atoms with Gasteiger partial charge in [0, 0.05) is 25.9 Å². The third-order valence-corrected chi connectivity index (χ3v) is 10.1. The minimum Gasteiger partial charge on any atom is -0.508 e. The van der Waals surface area contributed by atoms with Gasteiger partial charge in [0.25, 0.3) is 0 Å². The fraction of sp³-hybridized carbons (Fsp3) is 0.237. The lowest BCUT2D eigenvalue weighted by molar-refractivity contribution is -0.208. The molecule has 50 heavy (non-hydrogen) atoms. The van der Waals surface area contributed by atoms with Gasteiger partial charge in [-0.2, -0.15) is 5.26 Å². The fourth-order valence-electron chi connectivity index (χ4n) is 6.80. The summed E-state index contributed by atoms with van der Waals surface area (Å²) in [5.74, 6) is -1.11. The number of aromatic hydroxyl groups is 1. The number of nitriles is 1. The number of carbonyl (C=O) groups excluding carboxylic acids is 3. The van der Waals surface area contributed by atoms with Crippen LogP contribution in [0.4, 0.5) is 4.39 Å². The van der Waals surface area contributed by atoms with E-state index in [9.17, 15) is 29.1 Å². The third kappa shape index (κ3) is 6.65. The Labute approximate surface area is 292 Å². The van der Waals surface area contributed by atoms with Crippen LogP contribution in [-0.2, 0) is 40.3 Å². The highest BCUT2D eigenvalue weighted by molar-refractivity contribution is 7.16. The molecule has 3 amide bonds. The smallest absolute Gasteiger partial charge is 0.246 e. The number of halogens is 1. The zero-order chi connectivity index (χ0) is 34.8. The number of nitrogens with zero attached hydrogens (tertiary/aromatic N) is 6. The number of thiazole rings is 1. The number of benzene rings is 4. The highest BCUT2D eigenvalue weighted by Crippen LogP contribution is 2.32. The Hall–Kier alpha value is -5.64. The van der Waals surface area contributed by atoms with Crippen molar-refractivity contribution >= 4 is 39.3 Å². The molecule has 0 unspecified atom stereocenters. The first-order valence-corrected chi connectivity index (χ1v) is 17.2. The molecule has 1 N–H and O–H groups in total. The van der Waals surface area contributed by atoms with E-state index >= 15 is 0 Å². The van der Waals surface area contributed by atoms with E-state index in [-0.39, 0.29) is 68.3 Å². The van der Waals surface area contributed by atoms with E-state index in [2.05, 4.69) is 11.1 Å². The van der Waals surface area contributed by atoms with Crippen LogP contribution in [0.1, 0.15) is 34.2 Å². The molecule has 2 saturated heterocycles. The maximum Gasteiger partial charge on any atom is 0.246 e. The molecule has 2 fully saturated rings. The first kappa shape index (κ1) is 32.9. The van der Waals surface area contributed by atoms with Crippen molar-refractivity contribution in [3.63, 3.8) is 0 Å². The number of hydrogen-bond acceptors (Lipinski definition) is 8. The molecule has 0 aliphatic carbocycles. The van der Waals surface area contributed by atoms with Crippen LogP contribution in [0.3, 0.4) is 0 Å². The quantitative estimate of drug-likeness (QED) is 0.231. The summed E-state index contributed by atoms with van der Waals surface area (Å²) < 4.78 is 15.0. The molecule has 2 aliphatic heterocycles. The second kappa shape index (κ2) is 14.1. The van der Waals surface area contributed by atoms with Gasteiger partial charge in [0.1, 0.15) is 23.8 Å². The van der Waals surface area contributed by atoms with Crippen molar-refractivity contribution in [2.75, 3.05) is 13.1 Å². The normalized spacial score (nSPS) is 18.0. The van der Waals surface area contributed by atoms with Crippen LogP contribution >= 0.6 is 11.3 Å². The van der Waals surface area contributed by atoms with Crippen molar-refractivity contribution in [1.82, 2.24) is 24.8 Å². The Morgan fingerprint density at radius 3 is 2.42 bits per heavy atom. The summed E-state index contributed by atoms with van der Waals surface area (Å²) in [6, 6.07) is 27.4. The molecule has 0 bridgehead atoms. The van der Waals surface area contributed by atoms with Crippen LogP contribution in [0.2, 0.25) is 0 Å². The van der Waals surface area contributed by atoms with Crippen molar-refractivity contribution in [1.29, 1.82) is 5.26 Å². The number of fused-ring (bicyclic) bond motifs is 2. The van der Waals surface area contributed by atoms with Crippen molar-refractivity contribution in [2.24, 2.45) is 0 Å². The zero-order valence-corrected chi connectivity index (χ0v) is 27.8. The zero-order valence-electron chi connectivity index (χ0n) is 27.0. The number of phenols is 1. The SMILES string of the molecule is N#Cc1ccc(CN2CC(=O)N3[C@@H](Cc4ccc(O)cc4)C(=O)N(Cc4ccc(F)c5scnc45)C[C@@H]3N2C(=O)CCc2ccccc2)cc1. The number of hydrogen-bond donors (Lipinski definition) is 1. The molecule has 4 aromatic carbocycles. The van der Waals surface area contributed by atoms with Gasteiger partial charge in [-0.3, -0.25) is 14.4 Å². The van der Waals surface area contributed by atoms with Gasteiger partial charge in [-0.05, 0) is 59.0 Å². The van der Waals surface area contributed by atoms with Gasteiger partial charge >= 0.3 is 0 Å². The van der Waals surface area contributed by atoms with Crippen LogP contribution in [0, 0.1) is 17.1 Å². The van der Waals surface area contributed by atoms with Crippen molar-refractivity contribution in [3.8, 4) is 11.8 Å². The minimum atomic E-state index is -0.946. The molecule has 2 atom stereocenters. The van der Waals surface area contributed by atoms with Gasteiger partial charge in [0.15, 0.2) is 0 Å². The summed E-state index contributed by atoms with van der Waals surface area (Å²) >= 11 is 1.18. The molecule has 1 aromatic heterocycles. The summed E-state index contributed by atoms with van der Waals surface area (Å²) in [5.41, 5.74) is 5.74. The average Bonchev–Trinajstić information content (AvgIpc) is 3.63. The van der Waals surface area contributed by atoms with Gasteiger partial charge in [0.05, 0.1) is 40.4 Å². The van der Waals surface area contributed by atoms with Gasteiger partial charge < -0.3 is 14.9 Å². The fourth-order valence-corrected chi connectivity index (χ4v) is 7.54. The first-order chi connectivity index (χ1) is 24.3. The second-order valence-electron chi connectivity index (χ2n) is 12.5. The summed E-state index contributed by atoms with van der Waals surface area (Å²) in [5, 5.41) is 22.6. The monoisotopic (exact) mass is 688 g/mol. The lowest BCUT2D eigenvalue weighted by Crippen LogP contribution is -2.75. The maximum atomic E-state index is 14.6. The molecule has 0 spiro atoms. The van der Waals surface area contributed by atoms with E-state index in [0.717, 1.165) is 16.7 Å². The van der Waals surface area contributed by atoms with Crippen molar-refractivity contribution in [3.05, 3.63) is 130 Å². The molecule has 0 radical (unpaired) electrons. The Kier molecular flexibility index (Phi) is 9.25. The van der Waals surface area contributed by atoms with E-state index in [1.807, 2.05) is 30.3 Å². The molecule has 0 saturated carbocycles. The average molecular weight is 689 g/mol. The number of carbonyl (C=O) groups is 3. The molecule has 7 rings (SSSR count). The van der Waals surface area contributed by atoms with Crippen LogP contribution < -0.4 is 0 Å². The Bertz CT molecular complexity index is 2080. The van der Waals surface area contributed by atoms with Crippen LogP contribution in [0.25, 0.3) is 10.2 Å². The van der Waals surface area contributed by atoms with Crippen LogP contribution in [0.15, 0.2) is 96.5 Å². The number of aromatic nitrogens is 1. The number of rotatable bonds is 9. The largest absolute Gasteiger partial charge is 0.508 e. The van der Waals surface area contributed by atoms with E-state index < -0.39 is 12.2 Å². The van der Waals surface area contributed by atoms with Gasteiger partial charge in [-0.25, -0.2) is 19.4 Å². The summed E-state index contributed by atoms with van der Waals surface area (Å²) in [6.07, 6.45) is -0.0161. The van der Waals surface area contributed by atoms with Crippen LogP contribution in [-0.4, -0.2) is 72.9 Å². The van der Waals surface area contributed by atoms with E-state index in [4.69, 9.17) is 0 Å². The predicted octanol–water partition coefficient (Wildman–Crippen LogP) is 5.01. The summed E-state index contributed by atoms with van der Waals surface area (Å²) in [4.78, 5) is 50.5.